The topological polar surface area (TPSA) is 85.6 Å². The summed E-state index contributed by atoms with van der Waals surface area (Å²) >= 11 is 3.26. The van der Waals surface area contributed by atoms with Crippen LogP contribution in [-0.4, -0.2) is 55.0 Å². The molecule has 1 atom stereocenters. The van der Waals surface area contributed by atoms with E-state index in [-0.39, 0.29) is 5.56 Å². The monoisotopic (exact) mass is 349 g/mol. The van der Waals surface area contributed by atoms with Crippen molar-refractivity contribution in [3.8, 4) is 0 Å². The molecular weight excluding hydrogens is 330 g/mol. The third-order valence-corrected chi connectivity index (χ3v) is 3.41. The number of nitrogens with one attached hydrogen (secondary N) is 1. The fraction of sp³-hybridized carbons (Fsp3) is 0.667. The van der Waals surface area contributed by atoms with Crippen molar-refractivity contribution in [2.24, 2.45) is 0 Å². The van der Waals surface area contributed by atoms with Crippen molar-refractivity contribution in [1.82, 2.24) is 9.78 Å². The predicted molar refractivity (Wildman–Crippen MR) is 79.1 cm³/mol. The van der Waals surface area contributed by atoms with Crippen molar-refractivity contribution in [2.75, 3.05) is 39.3 Å². The molecule has 0 radical (unpaired) electrons. The van der Waals surface area contributed by atoms with E-state index in [9.17, 15) is 9.90 Å². The maximum Gasteiger partial charge on any atom is 0.283 e. The van der Waals surface area contributed by atoms with Gasteiger partial charge in [0.1, 0.15) is 4.47 Å². The minimum Gasteiger partial charge on any atom is -0.391 e. The summed E-state index contributed by atoms with van der Waals surface area (Å²) in [6.45, 7) is 1.64. The fourth-order valence-electron chi connectivity index (χ4n) is 1.57. The molecule has 114 valence electrons. The molecule has 0 fully saturated rings. The second kappa shape index (κ2) is 9.06. The summed E-state index contributed by atoms with van der Waals surface area (Å²) in [5.41, 5.74) is 0.387. The number of hydrogen-bond donors (Lipinski definition) is 2. The van der Waals surface area contributed by atoms with Crippen LogP contribution in [-0.2, 0) is 16.0 Å². The van der Waals surface area contributed by atoms with Crippen LogP contribution in [0.25, 0.3) is 0 Å². The number of aliphatic hydroxyl groups excluding tert-OH is 1. The van der Waals surface area contributed by atoms with Gasteiger partial charge in [0.05, 0.1) is 37.7 Å². The molecule has 0 aliphatic heterocycles. The molecule has 0 aliphatic rings. The summed E-state index contributed by atoms with van der Waals surface area (Å²) < 4.78 is 11.5. The maximum absolute atomic E-state index is 12.0. The highest BCUT2D eigenvalue weighted by molar-refractivity contribution is 9.10. The third kappa shape index (κ3) is 5.20. The molecule has 0 saturated carbocycles. The zero-order valence-electron chi connectivity index (χ0n) is 11.6. The van der Waals surface area contributed by atoms with E-state index in [0.29, 0.717) is 42.9 Å². The molecule has 0 bridgehead atoms. The molecule has 1 rings (SSSR count). The number of anilines is 1. The van der Waals surface area contributed by atoms with Gasteiger partial charge in [-0.1, -0.05) is 0 Å². The largest absolute Gasteiger partial charge is 0.391 e. The number of halogens is 1. The summed E-state index contributed by atoms with van der Waals surface area (Å²) in [7, 11) is 3.11. The number of methoxy groups -OCH3 is 2. The van der Waals surface area contributed by atoms with Gasteiger partial charge in [0, 0.05) is 20.8 Å². The lowest BCUT2D eigenvalue weighted by Gasteiger charge is -2.12. The fourth-order valence-corrected chi connectivity index (χ4v) is 2.02. The first-order valence-electron chi connectivity index (χ1n) is 6.25. The average molecular weight is 350 g/mol. The van der Waals surface area contributed by atoms with Gasteiger partial charge in [-0.25, -0.2) is 4.68 Å². The SMILES string of the molecule is COCCn1ncc(NCCC(O)COC)c(Br)c1=O. The van der Waals surface area contributed by atoms with Crippen molar-refractivity contribution < 1.29 is 14.6 Å². The first-order chi connectivity index (χ1) is 9.60. The molecule has 1 aromatic rings. The van der Waals surface area contributed by atoms with Crippen LogP contribution in [0, 0.1) is 0 Å². The standard InChI is InChI=1S/C12H20BrN3O4/c1-19-6-5-16-12(18)11(13)10(7-15-16)14-4-3-9(17)8-20-2/h7,9,14,17H,3-6,8H2,1-2H3. The van der Waals surface area contributed by atoms with Gasteiger partial charge in [-0.05, 0) is 22.4 Å². The van der Waals surface area contributed by atoms with Crippen molar-refractivity contribution in [1.29, 1.82) is 0 Å². The van der Waals surface area contributed by atoms with E-state index in [2.05, 4.69) is 26.3 Å². The van der Waals surface area contributed by atoms with E-state index < -0.39 is 6.10 Å². The molecule has 8 heteroatoms. The van der Waals surface area contributed by atoms with Crippen LogP contribution in [0.3, 0.4) is 0 Å². The van der Waals surface area contributed by atoms with Crippen molar-refractivity contribution >= 4 is 21.6 Å². The molecular formula is C12H20BrN3O4. The lowest BCUT2D eigenvalue weighted by Crippen LogP contribution is -2.26. The smallest absolute Gasteiger partial charge is 0.283 e. The zero-order chi connectivity index (χ0) is 15.0. The summed E-state index contributed by atoms with van der Waals surface area (Å²) in [4.78, 5) is 12.0. The minimum absolute atomic E-state index is 0.218. The Kier molecular flexibility index (Phi) is 7.75. The number of hydrogen-bond acceptors (Lipinski definition) is 6. The van der Waals surface area contributed by atoms with Crippen LogP contribution in [0.2, 0.25) is 0 Å². The highest BCUT2D eigenvalue weighted by Crippen LogP contribution is 2.16. The lowest BCUT2D eigenvalue weighted by atomic mass is 10.2. The summed E-state index contributed by atoms with van der Waals surface area (Å²) in [6, 6.07) is 0. The molecule has 7 nitrogen and oxygen atoms in total. The molecule has 2 N–H and O–H groups in total. The lowest BCUT2D eigenvalue weighted by molar-refractivity contribution is 0.0615. The van der Waals surface area contributed by atoms with Gasteiger partial charge < -0.3 is 19.9 Å². The van der Waals surface area contributed by atoms with Gasteiger partial charge in [0.25, 0.3) is 5.56 Å². The quantitative estimate of drug-likeness (QED) is 0.673. The van der Waals surface area contributed by atoms with Crippen LogP contribution in [0.4, 0.5) is 5.69 Å². The van der Waals surface area contributed by atoms with E-state index in [1.807, 2.05) is 0 Å². The third-order valence-electron chi connectivity index (χ3n) is 2.64. The Morgan fingerprint density at radius 1 is 1.50 bits per heavy atom. The number of aromatic nitrogens is 2. The summed E-state index contributed by atoms with van der Waals surface area (Å²) in [5.74, 6) is 0. The molecule has 1 heterocycles. The number of aliphatic hydroxyl groups is 1. The van der Waals surface area contributed by atoms with Crippen molar-refractivity contribution in [3.63, 3.8) is 0 Å². The molecule has 0 aromatic carbocycles. The first-order valence-corrected chi connectivity index (χ1v) is 7.04. The number of nitrogens with zero attached hydrogens (tertiary/aromatic N) is 2. The van der Waals surface area contributed by atoms with Crippen LogP contribution in [0.5, 0.6) is 0 Å². The Morgan fingerprint density at radius 3 is 2.90 bits per heavy atom. The van der Waals surface area contributed by atoms with Gasteiger partial charge >= 0.3 is 0 Å². The van der Waals surface area contributed by atoms with Gasteiger partial charge in [-0.15, -0.1) is 0 Å². The Balaban J connectivity index is 2.59. The highest BCUT2D eigenvalue weighted by Gasteiger charge is 2.09. The molecule has 20 heavy (non-hydrogen) atoms. The van der Waals surface area contributed by atoms with E-state index in [1.165, 1.54) is 11.8 Å². The molecule has 0 spiro atoms. The van der Waals surface area contributed by atoms with E-state index in [0.717, 1.165) is 0 Å². The number of ether oxygens (including phenoxy) is 2. The van der Waals surface area contributed by atoms with Crippen molar-refractivity contribution in [3.05, 3.63) is 21.0 Å². The maximum atomic E-state index is 12.0. The minimum atomic E-state index is -0.527. The zero-order valence-corrected chi connectivity index (χ0v) is 13.2. The highest BCUT2D eigenvalue weighted by atomic mass is 79.9. The summed E-state index contributed by atoms with van der Waals surface area (Å²) in [5, 5.41) is 16.6. The number of rotatable bonds is 9. The Morgan fingerprint density at radius 2 is 2.25 bits per heavy atom. The second-order valence-electron chi connectivity index (χ2n) is 4.22. The second-order valence-corrected chi connectivity index (χ2v) is 5.01. The van der Waals surface area contributed by atoms with E-state index in [4.69, 9.17) is 9.47 Å². The molecule has 0 aliphatic carbocycles. The predicted octanol–water partition coefficient (Wildman–Crippen LogP) is 0.461. The molecule has 1 unspecified atom stereocenters. The van der Waals surface area contributed by atoms with Crippen LogP contribution >= 0.6 is 15.9 Å². The summed E-state index contributed by atoms with van der Waals surface area (Å²) in [6.07, 6.45) is 1.57. The van der Waals surface area contributed by atoms with Gasteiger partial charge in [0.2, 0.25) is 0 Å². The van der Waals surface area contributed by atoms with Gasteiger partial charge in [-0.3, -0.25) is 4.79 Å². The van der Waals surface area contributed by atoms with Gasteiger partial charge in [-0.2, -0.15) is 5.10 Å². The molecule has 0 amide bonds. The van der Waals surface area contributed by atoms with Crippen LogP contribution < -0.4 is 10.9 Å². The van der Waals surface area contributed by atoms with Crippen molar-refractivity contribution in [2.45, 2.75) is 19.1 Å². The van der Waals surface area contributed by atoms with E-state index in [1.54, 1.807) is 13.3 Å². The Bertz CT molecular complexity index is 467. The average Bonchev–Trinajstić information content (AvgIpc) is 2.43. The Labute approximate surface area is 126 Å². The molecule has 1 aromatic heterocycles. The first kappa shape index (κ1) is 17.1. The molecule has 0 saturated heterocycles. The normalized spacial score (nSPS) is 12.4. The Hall–Kier alpha value is -0.960. The van der Waals surface area contributed by atoms with Crippen LogP contribution in [0.15, 0.2) is 15.5 Å². The van der Waals surface area contributed by atoms with Gasteiger partial charge in [0.15, 0.2) is 0 Å². The van der Waals surface area contributed by atoms with E-state index >= 15 is 0 Å². The van der Waals surface area contributed by atoms with Crippen LogP contribution in [0.1, 0.15) is 6.42 Å².